The van der Waals surface area contributed by atoms with Gasteiger partial charge in [-0.1, -0.05) is 24.3 Å². The summed E-state index contributed by atoms with van der Waals surface area (Å²) >= 11 is 0. The molecule has 2 aromatic heterocycles. The van der Waals surface area contributed by atoms with Crippen molar-refractivity contribution in [2.45, 2.75) is 37.0 Å². The van der Waals surface area contributed by atoms with Crippen LogP contribution in [0.5, 0.6) is 0 Å². The Morgan fingerprint density at radius 3 is 2.51 bits per heavy atom. The van der Waals surface area contributed by atoms with Gasteiger partial charge in [0.2, 0.25) is 0 Å². The quantitative estimate of drug-likeness (QED) is 0.175. The minimum Gasteiger partial charge on any atom is -0.480 e. The molecule has 1 aliphatic heterocycles. The number of fused-ring (bicyclic) bond motifs is 1. The predicted octanol–water partition coefficient (Wildman–Crippen LogP) is -1.24. The normalized spacial score (nSPS) is 23.6. The van der Waals surface area contributed by atoms with E-state index in [0.29, 0.717) is 11.1 Å². The van der Waals surface area contributed by atoms with Crippen molar-refractivity contribution in [3.05, 3.63) is 36.2 Å². The highest BCUT2D eigenvalue weighted by Crippen LogP contribution is 2.40. The number of aromatic nitrogens is 4. The molecule has 9 N–H and O–H groups in total. The van der Waals surface area contributed by atoms with E-state index in [9.17, 15) is 19.6 Å². The van der Waals surface area contributed by atoms with Crippen LogP contribution < -0.4 is 11.5 Å². The number of carboxylic acids is 1. The van der Waals surface area contributed by atoms with Gasteiger partial charge in [0.15, 0.2) is 23.2 Å². The Morgan fingerprint density at radius 2 is 1.89 bits per heavy atom. The van der Waals surface area contributed by atoms with Gasteiger partial charge in [-0.15, -0.1) is 0 Å². The largest absolute Gasteiger partial charge is 0.480 e. The lowest BCUT2D eigenvalue weighted by Crippen LogP contribution is -2.33. The maximum atomic E-state index is 11.1. The molecule has 0 spiro atoms. The summed E-state index contributed by atoms with van der Waals surface area (Å²) in [5.74, 6) is -0.851. The monoisotopic (exact) mass is 510 g/mol. The Balaban J connectivity index is 1.73. The van der Waals surface area contributed by atoms with E-state index < -0.39 is 51.0 Å². The summed E-state index contributed by atoms with van der Waals surface area (Å²) in [7, 11) is -4.84. The molecule has 188 valence electrons. The Hall–Kier alpha value is -3.01. The summed E-state index contributed by atoms with van der Waals surface area (Å²) in [6.07, 6.45) is -4.35. The molecule has 1 aromatic carbocycles. The number of benzene rings is 1. The van der Waals surface area contributed by atoms with Gasteiger partial charge < -0.3 is 41.3 Å². The van der Waals surface area contributed by atoms with Crippen LogP contribution in [-0.2, 0) is 25.0 Å². The molecule has 0 radical (unpaired) electrons. The minimum atomic E-state index is -4.84. The second kappa shape index (κ2) is 9.56. The van der Waals surface area contributed by atoms with E-state index in [-0.39, 0.29) is 29.2 Å². The van der Waals surface area contributed by atoms with E-state index >= 15 is 0 Å². The summed E-state index contributed by atoms with van der Waals surface area (Å²) in [4.78, 5) is 41.5. The summed E-state index contributed by atoms with van der Waals surface area (Å²) in [5.41, 5.74) is 13.1. The van der Waals surface area contributed by atoms with Crippen molar-refractivity contribution in [3.63, 3.8) is 0 Å². The zero-order valence-corrected chi connectivity index (χ0v) is 18.8. The van der Waals surface area contributed by atoms with E-state index in [1.165, 1.54) is 10.9 Å². The van der Waals surface area contributed by atoms with Crippen LogP contribution in [0.15, 0.2) is 30.6 Å². The van der Waals surface area contributed by atoms with Crippen LogP contribution in [0.1, 0.15) is 11.8 Å². The average Bonchev–Trinajstić information content (AvgIpc) is 3.31. The maximum absolute atomic E-state index is 11.1. The van der Waals surface area contributed by atoms with Crippen LogP contribution in [0, 0.1) is 0 Å². The van der Waals surface area contributed by atoms with Gasteiger partial charge in [0, 0.05) is 5.56 Å². The third kappa shape index (κ3) is 5.17. The number of phosphoric ester groups is 1. The first-order chi connectivity index (χ1) is 16.5. The standard InChI is InChI=1S/C19H23N6O9P/c20-10(19(28)29)5-8-1-3-9(4-2-8)16-24-12-15(21)22-7-23-17(12)25(16)18-14(27)13(26)11(34-18)6-33-35(30,31)32/h1-4,7,10-11,13-14,18,26-27H,5-6,20H2,(H,28,29)(H2,21,22,23)(H2,30,31,32)/t10?,11-,13-,14-,18-/m1/s1. The first kappa shape index (κ1) is 25.1. The average molecular weight is 510 g/mol. The van der Waals surface area contributed by atoms with Crippen LogP contribution in [0.2, 0.25) is 0 Å². The van der Waals surface area contributed by atoms with Gasteiger partial charge in [-0.3, -0.25) is 13.9 Å². The van der Waals surface area contributed by atoms with Crippen molar-refractivity contribution in [1.29, 1.82) is 0 Å². The van der Waals surface area contributed by atoms with Crippen molar-refractivity contribution in [2.24, 2.45) is 5.73 Å². The number of ether oxygens (including phenoxy) is 1. The van der Waals surface area contributed by atoms with E-state index in [1.807, 2.05) is 0 Å². The second-order valence-corrected chi connectivity index (χ2v) is 9.15. The molecule has 16 heteroatoms. The molecule has 0 bridgehead atoms. The number of phosphoric acid groups is 1. The lowest BCUT2D eigenvalue weighted by molar-refractivity contribution is -0.138. The fraction of sp³-hybridized carbons (Fsp3) is 0.368. The molecule has 3 heterocycles. The van der Waals surface area contributed by atoms with Gasteiger partial charge in [0.25, 0.3) is 0 Å². The van der Waals surface area contributed by atoms with Crippen LogP contribution in [0.25, 0.3) is 22.6 Å². The fourth-order valence-electron chi connectivity index (χ4n) is 3.75. The van der Waals surface area contributed by atoms with Crippen molar-refractivity contribution in [2.75, 3.05) is 12.3 Å². The third-order valence-corrected chi connectivity index (χ3v) is 5.97. The number of nitrogen functional groups attached to an aromatic ring is 1. The van der Waals surface area contributed by atoms with Crippen molar-refractivity contribution in [3.8, 4) is 11.4 Å². The first-order valence-electron chi connectivity index (χ1n) is 10.2. The third-order valence-electron chi connectivity index (χ3n) is 5.49. The first-order valence-corrected chi connectivity index (χ1v) is 11.8. The zero-order chi connectivity index (χ0) is 25.5. The number of aliphatic carboxylic acids is 1. The smallest absolute Gasteiger partial charge is 0.469 e. The molecule has 1 unspecified atom stereocenters. The van der Waals surface area contributed by atoms with Gasteiger partial charge in [-0.25, -0.2) is 19.5 Å². The summed E-state index contributed by atoms with van der Waals surface area (Å²) in [5, 5.41) is 30.1. The molecule has 5 atom stereocenters. The van der Waals surface area contributed by atoms with E-state index in [1.54, 1.807) is 24.3 Å². The van der Waals surface area contributed by atoms with E-state index in [2.05, 4.69) is 19.5 Å². The van der Waals surface area contributed by atoms with E-state index in [0.717, 1.165) is 0 Å². The zero-order valence-electron chi connectivity index (χ0n) is 17.9. The predicted molar refractivity (Wildman–Crippen MR) is 118 cm³/mol. The Labute approximate surface area is 197 Å². The molecule has 1 saturated heterocycles. The maximum Gasteiger partial charge on any atom is 0.469 e. The molecule has 0 aliphatic carbocycles. The molecule has 1 fully saturated rings. The van der Waals surface area contributed by atoms with Gasteiger partial charge in [0.1, 0.15) is 36.5 Å². The van der Waals surface area contributed by atoms with Gasteiger partial charge in [0.05, 0.1) is 6.61 Å². The second-order valence-electron chi connectivity index (χ2n) is 7.91. The molecule has 4 rings (SSSR count). The molecule has 15 nitrogen and oxygen atoms in total. The molecule has 35 heavy (non-hydrogen) atoms. The highest BCUT2D eigenvalue weighted by Gasteiger charge is 2.46. The van der Waals surface area contributed by atoms with Crippen molar-refractivity contribution >= 4 is 30.8 Å². The van der Waals surface area contributed by atoms with Crippen LogP contribution in [0.4, 0.5) is 5.82 Å². The number of carbonyl (C=O) groups is 1. The highest BCUT2D eigenvalue weighted by molar-refractivity contribution is 7.46. The molecular formula is C19H23N6O9P. The lowest BCUT2D eigenvalue weighted by atomic mass is 10.0. The number of imidazole rings is 1. The van der Waals surface area contributed by atoms with Crippen LogP contribution in [-0.4, -0.2) is 81.6 Å². The highest BCUT2D eigenvalue weighted by atomic mass is 31.2. The Kier molecular flexibility index (Phi) is 6.86. The SMILES string of the molecule is Nc1ncnc2c1nc(-c1ccc(CC(N)C(=O)O)cc1)n2[C@@H]1O[C@H](COP(=O)(O)O)[C@@H](O)[C@H]1O. The van der Waals surface area contributed by atoms with Gasteiger partial charge in [-0.2, -0.15) is 0 Å². The Morgan fingerprint density at radius 1 is 1.20 bits per heavy atom. The number of hydrogen-bond acceptors (Lipinski definition) is 11. The van der Waals surface area contributed by atoms with Gasteiger partial charge in [-0.05, 0) is 12.0 Å². The Bertz CT molecular complexity index is 1280. The number of hydrogen-bond donors (Lipinski definition) is 7. The van der Waals surface area contributed by atoms with E-state index in [4.69, 9.17) is 31.1 Å². The summed E-state index contributed by atoms with van der Waals surface area (Å²) in [6.45, 7) is -0.684. The van der Waals surface area contributed by atoms with Crippen LogP contribution >= 0.6 is 7.82 Å². The summed E-state index contributed by atoms with van der Waals surface area (Å²) in [6, 6.07) is 5.55. The molecule has 3 aromatic rings. The lowest BCUT2D eigenvalue weighted by Gasteiger charge is -2.19. The van der Waals surface area contributed by atoms with Gasteiger partial charge >= 0.3 is 13.8 Å². The number of nitrogens with two attached hydrogens (primary N) is 2. The number of rotatable bonds is 8. The van der Waals surface area contributed by atoms with Crippen molar-refractivity contribution in [1.82, 2.24) is 19.5 Å². The van der Waals surface area contributed by atoms with Crippen LogP contribution in [0.3, 0.4) is 0 Å². The van der Waals surface area contributed by atoms with Crippen molar-refractivity contribution < 1.29 is 43.7 Å². The number of nitrogens with zero attached hydrogens (tertiary/aromatic N) is 4. The minimum absolute atomic E-state index is 0.0495. The fourth-order valence-corrected chi connectivity index (χ4v) is 4.09. The summed E-state index contributed by atoms with van der Waals surface area (Å²) < 4.78 is 22.6. The number of carboxylic acid groups (broad SMARTS) is 1. The number of aliphatic hydroxyl groups excluding tert-OH is 2. The number of anilines is 1. The molecular weight excluding hydrogens is 487 g/mol. The number of aliphatic hydroxyl groups is 2. The molecule has 1 aliphatic rings. The molecule has 0 saturated carbocycles. The molecule has 0 amide bonds. The topological polar surface area (TPSA) is 249 Å².